The van der Waals surface area contributed by atoms with Gasteiger partial charge in [-0.15, -0.1) is 0 Å². The first-order chi connectivity index (χ1) is 7.92. The van der Waals surface area contributed by atoms with Gasteiger partial charge in [0.1, 0.15) is 5.75 Å². The number of nitrogens with one attached hydrogen (secondary N) is 1. The molecule has 1 rings (SSSR count). The highest BCUT2D eigenvalue weighted by atomic mass is 32.1. The Morgan fingerprint density at radius 2 is 1.76 bits per heavy atom. The predicted molar refractivity (Wildman–Crippen MR) is 77.3 cm³/mol. The highest BCUT2D eigenvalue weighted by Crippen LogP contribution is 2.30. The van der Waals surface area contributed by atoms with E-state index < -0.39 is 0 Å². The second-order valence-corrected chi connectivity index (χ2v) is 5.43. The van der Waals surface area contributed by atoms with E-state index in [9.17, 15) is 0 Å². The maximum absolute atomic E-state index is 5.40. The molecule has 2 nitrogen and oxygen atoms in total. The van der Waals surface area contributed by atoms with Crippen molar-refractivity contribution < 1.29 is 4.74 Å². The molecule has 0 aliphatic heterocycles. The summed E-state index contributed by atoms with van der Waals surface area (Å²) in [6.45, 7) is 9.59. The second kappa shape index (κ2) is 5.78. The van der Waals surface area contributed by atoms with Gasteiger partial charge in [0.05, 0.1) is 7.11 Å². The van der Waals surface area contributed by atoms with E-state index in [0.717, 1.165) is 12.3 Å². The van der Waals surface area contributed by atoms with E-state index in [1.165, 1.54) is 16.7 Å². The van der Waals surface area contributed by atoms with Gasteiger partial charge in [-0.3, -0.25) is 0 Å². The highest BCUT2D eigenvalue weighted by molar-refractivity contribution is 7.80. The number of rotatable bonds is 5. The molecule has 0 amide bonds. The summed E-state index contributed by atoms with van der Waals surface area (Å²) < 4.78 is 5.40. The molecule has 0 saturated heterocycles. The Balaban J connectivity index is 3.07. The number of hydrogen-bond donors (Lipinski definition) is 2. The molecule has 0 spiro atoms. The fourth-order valence-electron chi connectivity index (χ4n) is 2.13. The lowest BCUT2D eigenvalue weighted by molar-refractivity contribution is 0.407. The third-order valence-corrected chi connectivity index (χ3v) is 3.35. The minimum atomic E-state index is 0.102. The van der Waals surface area contributed by atoms with Crippen LogP contribution >= 0.6 is 12.6 Å². The molecule has 3 heteroatoms. The van der Waals surface area contributed by atoms with Crippen molar-refractivity contribution in [3.8, 4) is 5.75 Å². The van der Waals surface area contributed by atoms with E-state index in [1.807, 2.05) is 0 Å². The number of ether oxygens (including phenoxy) is 1. The Kier molecular flexibility index (Phi) is 4.90. The largest absolute Gasteiger partial charge is 0.496 e. The van der Waals surface area contributed by atoms with Crippen molar-refractivity contribution in [1.29, 1.82) is 0 Å². The molecule has 0 aromatic heterocycles. The molecule has 0 fully saturated rings. The SMILES string of the molecule is COc1c(C)cc(C(C)(C)CNCS)cc1C. The van der Waals surface area contributed by atoms with Crippen molar-refractivity contribution in [3.05, 3.63) is 28.8 Å². The lowest BCUT2D eigenvalue weighted by atomic mass is 9.83. The van der Waals surface area contributed by atoms with Crippen LogP contribution in [0.15, 0.2) is 12.1 Å². The molecule has 0 heterocycles. The van der Waals surface area contributed by atoms with Gasteiger partial charge in [-0.25, -0.2) is 0 Å². The molecule has 0 radical (unpaired) electrons. The van der Waals surface area contributed by atoms with Gasteiger partial charge >= 0.3 is 0 Å². The predicted octanol–water partition coefficient (Wildman–Crippen LogP) is 3.07. The minimum absolute atomic E-state index is 0.102. The van der Waals surface area contributed by atoms with Crippen LogP contribution in [0.3, 0.4) is 0 Å². The van der Waals surface area contributed by atoms with Crippen LogP contribution < -0.4 is 10.1 Å². The molecule has 0 bridgehead atoms. The van der Waals surface area contributed by atoms with Crippen molar-refractivity contribution in [2.24, 2.45) is 0 Å². The highest BCUT2D eigenvalue weighted by Gasteiger charge is 2.21. The Hall–Kier alpha value is -0.670. The Labute approximate surface area is 110 Å². The smallest absolute Gasteiger partial charge is 0.124 e. The number of benzene rings is 1. The summed E-state index contributed by atoms with van der Waals surface area (Å²) in [6.07, 6.45) is 0. The Morgan fingerprint density at radius 3 is 2.18 bits per heavy atom. The lowest BCUT2D eigenvalue weighted by Crippen LogP contribution is -2.32. The molecule has 17 heavy (non-hydrogen) atoms. The third-order valence-electron chi connectivity index (χ3n) is 3.12. The van der Waals surface area contributed by atoms with Crippen LogP contribution in [0.1, 0.15) is 30.5 Å². The fraction of sp³-hybridized carbons (Fsp3) is 0.571. The maximum atomic E-state index is 5.40. The molecule has 0 saturated carbocycles. The van der Waals surface area contributed by atoms with E-state index in [-0.39, 0.29) is 5.41 Å². The van der Waals surface area contributed by atoms with Gasteiger partial charge in [0.25, 0.3) is 0 Å². The van der Waals surface area contributed by atoms with E-state index in [0.29, 0.717) is 5.88 Å². The first-order valence-corrected chi connectivity index (χ1v) is 6.53. The van der Waals surface area contributed by atoms with E-state index in [4.69, 9.17) is 4.74 Å². The summed E-state index contributed by atoms with van der Waals surface area (Å²) in [5, 5.41) is 3.29. The van der Waals surface area contributed by atoms with E-state index in [1.54, 1.807) is 7.11 Å². The number of aryl methyl sites for hydroxylation is 2. The molecule has 1 aromatic rings. The lowest BCUT2D eigenvalue weighted by Gasteiger charge is -2.27. The zero-order chi connectivity index (χ0) is 13.1. The monoisotopic (exact) mass is 253 g/mol. The van der Waals surface area contributed by atoms with E-state index >= 15 is 0 Å². The zero-order valence-electron chi connectivity index (χ0n) is 11.4. The zero-order valence-corrected chi connectivity index (χ0v) is 12.3. The van der Waals surface area contributed by atoms with Crippen LogP contribution in [0.2, 0.25) is 0 Å². The summed E-state index contributed by atoms with van der Waals surface area (Å²) in [6, 6.07) is 4.43. The quantitative estimate of drug-likeness (QED) is 0.621. The molecule has 0 unspecified atom stereocenters. The van der Waals surface area contributed by atoms with Crippen molar-refractivity contribution in [3.63, 3.8) is 0 Å². The molecule has 0 aliphatic carbocycles. The summed E-state index contributed by atoms with van der Waals surface area (Å²) in [5.74, 6) is 1.70. The molecule has 0 atom stereocenters. The summed E-state index contributed by atoms with van der Waals surface area (Å²) in [5.41, 5.74) is 3.83. The van der Waals surface area contributed by atoms with Gasteiger partial charge in [-0.05, 0) is 30.5 Å². The van der Waals surface area contributed by atoms with Gasteiger partial charge in [0.2, 0.25) is 0 Å². The molecule has 1 N–H and O–H groups in total. The summed E-state index contributed by atoms with van der Waals surface area (Å²) in [4.78, 5) is 0. The minimum Gasteiger partial charge on any atom is -0.496 e. The van der Waals surface area contributed by atoms with Crippen molar-refractivity contribution >= 4 is 12.6 Å². The number of hydrogen-bond acceptors (Lipinski definition) is 3. The summed E-state index contributed by atoms with van der Waals surface area (Å²) >= 11 is 4.19. The molecule has 96 valence electrons. The van der Waals surface area contributed by atoms with Crippen molar-refractivity contribution in [2.75, 3.05) is 19.5 Å². The number of methoxy groups -OCH3 is 1. The van der Waals surface area contributed by atoms with Crippen LogP contribution in [0.5, 0.6) is 5.75 Å². The van der Waals surface area contributed by atoms with Gasteiger partial charge in [0, 0.05) is 17.8 Å². The average Bonchev–Trinajstić information content (AvgIpc) is 2.26. The standard InChI is InChI=1S/C14H23NOS/c1-10-6-12(7-11(2)13(10)16-5)14(3,4)8-15-9-17/h6-7,15,17H,8-9H2,1-5H3. The van der Waals surface area contributed by atoms with Crippen LogP contribution in [0.4, 0.5) is 0 Å². The molecular formula is C14H23NOS. The molecule has 0 aliphatic rings. The van der Waals surface area contributed by atoms with Gasteiger partial charge in [0.15, 0.2) is 0 Å². The van der Waals surface area contributed by atoms with Crippen LogP contribution in [0.25, 0.3) is 0 Å². The van der Waals surface area contributed by atoms with E-state index in [2.05, 4.69) is 57.8 Å². The first kappa shape index (κ1) is 14.4. The first-order valence-electron chi connectivity index (χ1n) is 5.89. The third kappa shape index (κ3) is 3.39. The normalized spacial score (nSPS) is 11.6. The van der Waals surface area contributed by atoms with Gasteiger partial charge < -0.3 is 10.1 Å². The average molecular weight is 253 g/mol. The van der Waals surface area contributed by atoms with Gasteiger partial charge in [-0.1, -0.05) is 26.0 Å². The van der Waals surface area contributed by atoms with Gasteiger partial charge in [-0.2, -0.15) is 12.6 Å². The fourth-order valence-corrected chi connectivity index (χ4v) is 2.25. The van der Waals surface area contributed by atoms with Crippen LogP contribution in [-0.2, 0) is 5.41 Å². The van der Waals surface area contributed by atoms with Crippen molar-refractivity contribution in [1.82, 2.24) is 5.32 Å². The number of thiol groups is 1. The van der Waals surface area contributed by atoms with Crippen LogP contribution in [0, 0.1) is 13.8 Å². The molecular weight excluding hydrogens is 230 g/mol. The van der Waals surface area contributed by atoms with Crippen LogP contribution in [-0.4, -0.2) is 19.5 Å². The Bertz CT molecular complexity index is 365. The molecule has 1 aromatic carbocycles. The summed E-state index contributed by atoms with van der Waals surface area (Å²) in [7, 11) is 1.72. The second-order valence-electron chi connectivity index (χ2n) is 5.11. The maximum Gasteiger partial charge on any atom is 0.124 e. The van der Waals surface area contributed by atoms with Crippen molar-refractivity contribution in [2.45, 2.75) is 33.1 Å². The Morgan fingerprint density at radius 1 is 1.24 bits per heavy atom. The topological polar surface area (TPSA) is 21.3 Å².